The van der Waals surface area contributed by atoms with Crippen LogP contribution in [-0.4, -0.2) is 41.1 Å². The second-order valence-electron chi connectivity index (χ2n) is 7.69. The molecule has 2 aliphatic rings. The number of rotatable bonds is 2. The highest BCUT2D eigenvalue weighted by Gasteiger charge is 2.50. The Bertz CT molecular complexity index is 1090. The Balaban J connectivity index is 1.79. The van der Waals surface area contributed by atoms with Crippen molar-refractivity contribution in [1.82, 2.24) is 9.88 Å². The molecule has 0 amide bonds. The number of ether oxygens (including phenoxy) is 1. The Morgan fingerprint density at radius 1 is 1.29 bits per heavy atom. The maximum absolute atomic E-state index is 15.0. The zero-order valence-electron chi connectivity index (χ0n) is 16.5. The maximum atomic E-state index is 15.0. The molecule has 2 N–H and O–H groups in total. The number of halogens is 5. The molecule has 0 saturated carbocycles. The molecule has 4 rings (SSSR count). The fraction of sp³-hybridized carbons (Fsp3) is 0.350. The van der Waals surface area contributed by atoms with E-state index >= 15 is 4.39 Å². The van der Waals surface area contributed by atoms with Crippen molar-refractivity contribution < 1.29 is 22.3 Å². The summed E-state index contributed by atoms with van der Waals surface area (Å²) >= 11 is 5.89. The molecule has 1 aromatic carbocycles. The standard InChI is InChI=1S/C20H18ClF4N5O/c1-19(7-16(20(23,24)25)31-18(26)29-19)12-6-15-10(5-13(12)22)9-30(2)17(28-15)14-4-3-11(21)8-27-14/h3-6,8,16H,7,9H2,1-2H3,(H2,26,29)/t16-,19-/m0/s1. The molecule has 0 radical (unpaired) electrons. The van der Waals surface area contributed by atoms with Crippen molar-refractivity contribution in [2.75, 3.05) is 7.05 Å². The number of amidine groups is 2. The number of benzene rings is 1. The minimum absolute atomic E-state index is 0.0385. The van der Waals surface area contributed by atoms with Crippen molar-refractivity contribution in [2.45, 2.75) is 37.7 Å². The molecule has 0 fully saturated rings. The summed E-state index contributed by atoms with van der Waals surface area (Å²) in [6, 6.07) is 5.42. The van der Waals surface area contributed by atoms with Crippen LogP contribution in [0.3, 0.4) is 0 Å². The van der Waals surface area contributed by atoms with E-state index in [-0.39, 0.29) is 5.56 Å². The van der Waals surface area contributed by atoms with Gasteiger partial charge in [-0.3, -0.25) is 4.98 Å². The van der Waals surface area contributed by atoms with Gasteiger partial charge in [0.25, 0.3) is 6.02 Å². The molecule has 0 unspecified atom stereocenters. The highest BCUT2D eigenvalue weighted by molar-refractivity contribution is 6.30. The fourth-order valence-electron chi connectivity index (χ4n) is 3.75. The molecule has 31 heavy (non-hydrogen) atoms. The monoisotopic (exact) mass is 455 g/mol. The third-order valence-electron chi connectivity index (χ3n) is 5.27. The number of aliphatic imine (C=N–C) groups is 2. The van der Waals surface area contributed by atoms with Crippen molar-refractivity contribution in [3.8, 4) is 0 Å². The molecule has 2 atom stereocenters. The summed E-state index contributed by atoms with van der Waals surface area (Å²) in [4.78, 5) is 14.6. The Hall–Kier alpha value is -2.88. The highest BCUT2D eigenvalue weighted by atomic mass is 35.5. The lowest BCUT2D eigenvalue weighted by Crippen LogP contribution is -2.46. The van der Waals surface area contributed by atoms with E-state index < -0.39 is 36.1 Å². The van der Waals surface area contributed by atoms with Crippen LogP contribution in [0.2, 0.25) is 5.02 Å². The third-order valence-corrected chi connectivity index (χ3v) is 5.49. The summed E-state index contributed by atoms with van der Waals surface area (Å²) in [5.74, 6) is -0.160. The van der Waals surface area contributed by atoms with Gasteiger partial charge in [0.15, 0.2) is 11.9 Å². The summed E-state index contributed by atoms with van der Waals surface area (Å²) in [7, 11) is 1.78. The van der Waals surface area contributed by atoms with Crippen molar-refractivity contribution >= 4 is 29.1 Å². The topological polar surface area (TPSA) is 76.1 Å². The number of fused-ring (bicyclic) bond motifs is 1. The molecule has 164 valence electrons. The molecular formula is C20H18ClF4N5O. The first kappa shape index (κ1) is 21.4. The first-order valence-corrected chi connectivity index (χ1v) is 9.67. The third kappa shape index (κ3) is 4.04. The second-order valence-corrected chi connectivity index (χ2v) is 8.13. The van der Waals surface area contributed by atoms with Crippen LogP contribution >= 0.6 is 11.6 Å². The smallest absolute Gasteiger partial charge is 0.425 e. The van der Waals surface area contributed by atoms with E-state index in [0.717, 1.165) is 0 Å². The number of hydrogen-bond donors (Lipinski definition) is 1. The summed E-state index contributed by atoms with van der Waals surface area (Å²) < 4.78 is 59.5. The van der Waals surface area contributed by atoms with Crippen LogP contribution < -0.4 is 5.73 Å². The Kier molecular flexibility index (Phi) is 5.07. The fourth-order valence-corrected chi connectivity index (χ4v) is 3.87. The van der Waals surface area contributed by atoms with Gasteiger partial charge in [-0.1, -0.05) is 11.6 Å². The number of nitrogens with two attached hydrogens (primary N) is 1. The van der Waals surface area contributed by atoms with Gasteiger partial charge in [0.2, 0.25) is 0 Å². The summed E-state index contributed by atoms with van der Waals surface area (Å²) in [6.07, 6.45) is -5.98. The second kappa shape index (κ2) is 7.37. The SMILES string of the molecule is CN1Cc2cc(F)c([C@]3(C)C[C@@H](C(F)(F)F)OC(N)=N3)cc2N=C1c1ccc(Cl)cn1. The van der Waals surface area contributed by atoms with Crippen molar-refractivity contribution in [3.05, 3.63) is 58.1 Å². The molecule has 6 nitrogen and oxygen atoms in total. The lowest BCUT2D eigenvalue weighted by atomic mass is 9.84. The van der Waals surface area contributed by atoms with Crippen LogP contribution in [0.1, 0.15) is 30.2 Å². The number of aromatic nitrogens is 1. The van der Waals surface area contributed by atoms with E-state index in [9.17, 15) is 13.2 Å². The van der Waals surface area contributed by atoms with Gasteiger partial charge >= 0.3 is 6.18 Å². The minimum Gasteiger partial charge on any atom is -0.452 e. The van der Waals surface area contributed by atoms with Gasteiger partial charge in [0.1, 0.15) is 11.5 Å². The maximum Gasteiger partial charge on any atom is 0.425 e. The normalized spacial score (nSPS) is 23.6. The molecular weight excluding hydrogens is 438 g/mol. The van der Waals surface area contributed by atoms with Crippen molar-refractivity contribution in [1.29, 1.82) is 0 Å². The summed E-state index contributed by atoms with van der Waals surface area (Å²) in [5.41, 5.74) is 5.46. The molecule has 2 aliphatic heterocycles. The summed E-state index contributed by atoms with van der Waals surface area (Å²) in [5, 5.41) is 0.467. The molecule has 0 saturated heterocycles. The zero-order valence-corrected chi connectivity index (χ0v) is 17.3. The van der Waals surface area contributed by atoms with Crippen LogP contribution in [0.4, 0.5) is 23.2 Å². The van der Waals surface area contributed by atoms with Gasteiger partial charge in [-0.2, -0.15) is 13.2 Å². The van der Waals surface area contributed by atoms with Gasteiger partial charge in [0.05, 0.1) is 16.2 Å². The molecule has 0 bridgehead atoms. The van der Waals surface area contributed by atoms with E-state index in [4.69, 9.17) is 17.3 Å². The van der Waals surface area contributed by atoms with Crippen molar-refractivity contribution in [2.24, 2.45) is 15.7 Å². The number of alkyl halides is 3. The largest absolute Gasteiger partial charge is 0.452 e. The van der Waals surface area contributed by atoms with Gasteiger partial charge in [-0.25, -0.2) is 14.4 Å². The van der Waals surface area contributed by atoms with E-state index in [1.807, 2.05) is 0 Å². The Morgan fingerprint density at radius 2 is 2.03 bits per heavy atom. The van der Waals surface area contributed by atoms with Crippen LogP contribution in [0.25, 0.3) is 0 Å². The minimum atomic E-state index is -4.67. The van der Waals surface area contributed by atoms with Crippen LogP contribution in [0.5, 0.6) is 0 Å². The average molecular weight is 456 g/mol. The Morgan fingerprint density at radius 3 is 2.68 bits per heavy atom. The quantitative estimate of drug-likeness (QED) is 0.686. The lowest BCUT2D eigenvalue weighted by molar-refractivity contribution is -0.208. The molecule has 0 spiro atoms. The zero-order chi connectivity index (χ0) is 22.6. The van der Waals surface area contributed by atoms with Gasteiger partial charge in [0, 0.05) is 37.3 Å². The average Bonchev–Trinajstić information content (AvgIpc) is 2.66. The van der Waals surface area contributed by atoms with Crippen LogP contribution in [0.15, 0.2) is 40.4 Å². The molecule has 11 heteroatoms. The first-order valence-electron chi connectivity index (χ1n) is 9.29. The molecule has 0 aliphatic carbocycles. The highest BCUT2D eigenvalue weighted by Crippen LogP contribution is 2.43. The first-order chi connectivity index (χ1) is 14.5. The number of nitrogens with zero attached hydrogens (tertiary/aromatic N) is 4. The Labute approximate surface area is 180 Å². The van der Waals surface area contributed by atoms with Crippen LogP contribution in [-0.2, 0) is 16.8 Å². The molecule has 1 aromatic heterocycles. The summed E-state index contributed by atoms with van der Waals surface area (Å²) in [6.45, 7) is 1.73. The van der Waals surface area contributed by atoms with Gasteiger partial charge in [-0.05, 0) is 31.2 Å². The van der Waals surface area contributed by atoms with Crippen LogP contribution in [0, 0.1) is 5.82 Å². The molecule has 2 aromatic rings. The van der Waals surface area contributed by atoms with E-state index in [0.29, 0.717) is 34.3 Å². The predicted octanol–water partition coefficient (Wildman–Crippen LogP) is 4.28. The van der Waals surface area contributed by atoms with Crippen molar-refractivity contribution in [3.63, 3.8) is 0 Å². The van der Waals surface area contributed by atoms with E-state index in [2.05, 4.69) is 19.7 Å². The lowest BCUT2D eigenvalue weighted by Gasteiger charge is -2.36. The molecule has 3 heterocycles. The number of pyridine rings is 1. The van der Waals surface area contributed by atoms with E-state index in [1.165, 1.54) is 25.3 Å². The number of hydrogen-bond acceptors (Lipinski definition) is 6. The van der Waals surface area contributed by atoms with Gasteiger partial charge < -0.3 is 15.4 Å². The predicted molar refractivity (Wildman–Crippen MR) is 108 cm³/mol. The van der Waals surface area contributed by atoms with Gasteiger partial charge in [-0.15, -0.1) is 0 Å². The van der Waals surface area contributed by atoms with E-state index in [1.54, 1.807) is 24.1 Å².